The minimum Gasteiger partial charge on any atom is -0.315 e. The largest absolute Gasteiger partial charge is 0.315 e. The maximum absolute atomic E-state index is 4.58. The molecule has 19 heavy (non-hydrogen) atoms. The van der Waals surface area contributed by atoms with E-state index in [0.29, 0.717) is 0 Å². The van der Waals surface area contributed by atoms with Gasteiger partial charge in [-0.15, -0.1) is 11.3 Å². The van der Waals surface area contributed by atoms with Crippen LogP contribution in [0.25, 0.3) is 10.2 Å². The first-order valence-corrected chi connectivity index (χ1v) is 7.92. The Hall–Kier alpha value is -0.970. The van der Waals surface area contributed by atoms with Gasteiger partial charge in [-0.05, 0) is 50.6 Å². The van der Waals surface area contributed by atoms with Gasteiger partial charge in [0.1, 0.15) is 0 Å². The smallest absolute Gasteiger partial charge is 0.0907 e. The summed E-state index contributed by atoms with van der Waals surface area (Å²) in [6.45, 7) is 7.94. The van der Waals surface area contributed by atoms with Crippen LogP contribution in [0.1, 0.15) is 17.0 Å². The molecular weight excluding hydrogens is 254 g/mol. The first-order chi connectivity index (χ1) is 9.31. The van der Waals surface area contributed by atoms with E-state index in [-0.39, 0.29) is 0 Å². The summed E-state index contributed by atoms with van der Waals surface area (Å²) < 4.78 is 1.31. The lowest BCUT2D eigenvalue weighted by Gasteiger charge is -2.19. The van der Waals surface area contributed by atoms with Crippen LogP contribution in [-0.2, 0) is 6.42 Å². The molecule has 0 bridgehead atoms. The third-order valence-electron chi connectivity index (χ3n) is 3.71. The van der Waals surface area contributed by atoms with Gasteiger partial charge in [0, 0.05) is 19.6 Å². The minimum absolute atomic E-state index is 1.13. The zero-order valence-electron chi connectivity index (χ0n) is 11.5. The van der Waals surface area contributed by atoms with Crippen LogP contribution in [-0.4, -0.2) is 42.6 Å². The average molecular weight is 275 g/mol. The topological polar surface area (TPSA) is 28.2 Å². The summed E-state index contributed by atoms with van der Waals surface area (Å²) in [5.41, 5.74) is 2.58. The van der Waals surface area contributed by atoms with Crippen LogP contribution in [0.15, 0.2) is 18.2 Å². The Morgan fingerprint density at radius 1 is 1.32 bits per heavy atom. The maximum atomic E-state index is 4.58. The second-order valence-corrected chi connectivity index (χ2v) is 6.46. The summed E-state index contributed by atoms with van der Waals surface area (Å²) in [6, 6.07) is 6.74. The van der Waals surface area contributed by atoms with Crippen LogP contribution < -0.4 is 5.32 Å². The van der Waals surface area contributed by atoms with E-state index < -0.39 is 0 Å². The van der Waals surface area contributed by atoms with Crippen molar-refractivity contribution >= 4 is 21.6 Å². The van der Waals surface area contributed by atoms with Gasteiger partial charge in [0.2, 0.25) is 0 Å². The molecule has 102 valence electrons. The molecule has 1 N–H and O–H groups in total. The van der Waals surface area contributed by atoms with E-state index >= 15 is 0 Å². The maximum Gasteiger partial charge on any atom is 0.0907 e. The highest BCUT2D eigenvalue weighted by atomic mass is 32.1. The monoisotopic (exact) mass is 275 g/mol. The van der Waals surface area contributed by atoms with E-state index in [0.717, 1.165) is 30.0 Å². The first kappa shape index (κ1) is 13.0. The van der Waals surface area contributed by atoms with Crippen LogP contribution in [0.3, 0.4) is 0 Å². The molecule has 0 atom stereocenters. The van der Waals surface area contributed by atoms with Gasteiger partial charge in [-0.25, -0.2) is 4.98 Å². The molecule has 2 aromatic rings. The molecule has 0 aliphatic carbocycles. The summed E-state index contributed by atoms with van der Waals surface area (Å²) in [5.74, 6) is 0. The Morgan fingerprint density at radius 3 is 3.21 bits per heavy atom. The van der Waals surface area contributed by atoms with Crippen molar-refractivity contribution in [1.82, 2.24) is 15.2 Å². The van der Waals surface area contributed by atoms with Crippen molar-refractivity contribution in [3.63, 3.8) is 0 Å². The van der Waals surface area contributed by atoms with E-state index in [1.807, 2.05) is 0 Å². The van der Waals surface area contributed by atoms with Crippen LogP contribution in [0.2, 0.25) is 0 Å². The van der Waals surface area contributed by atoms with Crippen molar-refractivity contribution in [3.05, 3.63) is 28.8 Å². The van der Waals surface area contributed by atoms with Crippen LogP contribution >= 0.6 is 11.3 Å². The molecule has 0 saturated carbocycles. The molecule has 2 heterocycles. The standard InChI is InChI=1S/C15H21N3S/c1-12-17-14-11-13(3-4-15(14)19-12)5-9-18-8-2-6-16-7-10-18/h3-4,11,16H,2,5-10H2,1H3. The van der Waals surface area contributed by atoms with E-state index in [2.05, 4.69) is 40.3 Å². The number of aryl methyl sites for hydroxylation is 1. The molecule has 0 unspecified atom stereocenters. The molecular formula is C15H21N3S. The normalized spacial score (nSPS) is 17.7. The van der Waals surface area contributed by atoms with Crippen molar-refractivity contribution in [1.29, 1.82) is 0 Å². The van der Waals surface area contributed by atoms with E-state index in [4.69, 9.17) is 0 Å². The zero-order chi connectivity index (χ0) is 13.1. The Balaban J connectivity index is 1.64. The fourth-order valence-corrected chi connectivity index (χ4v) is 3.46. The molecule has 4 heteroatoms. The predicted octanol–water partition coefficient (Wildman–Crippen LogP) is 2.44. The number of nitrogens with zero attached hydrogens (tertiary/aromatic N) is 2. The Morgan fingerprint density at radius 2 is 2.26 bits per heavy atom. The molecule has 0 amide bonds. The number of hydrogen-bond donors (Lipinski definition) is 1. The number of fused-ring (bicyclic) bond motifs is 1. The summed E-state index contributed by atoms with van der Waals surface area (Å²) in [4.78, 5) is 7.14. The summed E-state index contributed by atoms with van der Waals surface area (Å²) in [7, 11) is 0. The van der Waals surface area contributed by atoms with Crippen LogP contribution in [0.5, 0.6) is 0 Å². The Kier molecular flexibility index (Phi) is 4.11. The Labute approximate surface area is 118 Å². The SMILES string of the molecule is Cc1nc2cc(CCN3CCCNCC3)ccc2s1. The third kappa shape index (κ3) is 3.32. The number of aromatic nitrogens is 1. The van der Waals surface area contributed by atoms with Crippen LogP contribution in [0.4, 0.5) is 0 Å². The lowest BCUT2D eigenvalue weighted by Crippen LogP contribution is -2.30. The van der Waals surface area contributed by atoms with Gasteiger partial charge in [0.15, 0.2) is 0 Å². The molecule has 1 aliphatic rings. The molecule has 1 aliphatic heterocycles. The molecule has 1 fully saturated rings. The summed E-state index contributed by atoms with van der Waals surface area (Å²) in [6.07, 6.45) is 2.40. The second-order valence-electron chi connectivity index (χ2n) is 5.23. The van der Waals surface area contributed by atoms with Gasteiger partial charge < -0.3 is 10.2 Å². The minimum atomic E-state index is 1.13. The van der Waals surface area contributed by atoms with Gasteiger partial charge in [-0.2, -0.15) is 0 Å². The second kappa shape index (κ2) is 5.99. The van der Waals surface area contributed by atoms with Gasteiger partial charge in [-0.3, -0.25) is 0 Å². The molecule has 1 aromatic heterocycles. The molecule has 0 spiro atoms. The summed E-state index contributed by atoms with van der Waals surface area (Å²) >= 11 is 1.78. The number of rotatable bonds is 3. The molecule has 3 rings (SSSR count). The van der Waals surface area contributed by atoms with E-state index in [1.54, 1.807) is 11.3 Å². The molecule has 1 saturated heterocycles. The predicted molar refractivity (Wildman–Crippen MR) is 82.0 cm³/mol. The van der Waals surface area contributed by atoms with Gasteiger partial charge in [-0.1, -0.05) is 6.07 Å². The lowest BCUT2D eigenvalue weighted by molar-refractivity contribution is 0.296. The van der Waals surface area contributed by atoms with Crippen molar-refractivity contribution in [3.8, 4) is 0 Å². The highest BCUT2D eigenvalue weighted by Gasteiger charge is 2.08. The van der Waals surface area contributed by atoms with Gasteiger partial charge in [0.25, 0.3) is 0 Å². The Bertz CT molecular complexity index is 541. The highest BCUT2D eigenvalue weighted by Crippen LogP contribution is 2.22. The van der Waals surface area contributed by atoms with Crippen LogP contribution in [0, 0.1) is 6.92 Å². The fraction of sp³-hybridized carbons (Fsp3) is 0.533. The first-order valence-electron chi connectivity index (χ1n) is 7.10. The highest BCUT2D eigenvalue weighted by molar-refractivity contribution is 7.18. The lowest BCUT2D eigenvalue weighted by atomic mass is 10.1. The van der Waals surface area contributed by atoms with Gasteiger partial charge >= 0.3 is 0 Å². The van der Waals surface area contributed by atoms with Crippen molar-refractivity contribution in [2.45, 2.75) is 19.8 Å². The molecule has 0 radical (unpaired) electrons. The van der Waals surface area contributed by atoms with Crippen molar-refractivity contribution in [2.24, 2.45) is 0 Å². The van der Waals surface area contributed by atoms with E-state index in [9.17, 15) is 0 Å². The fourth-order valence-electron chi connectivity index (χ4n) is 2.66. The number of benzene rings is 1. The molecule has 1 aromatic carbocycles. The number of nitrogens with one attached hydrogen (secondary N) is 1. The quantitative estimate of drug-likeness (QED) is 0.932. The summed E-state index contributed by atoms with van der Waals surface area (Å²) in [5, 5.41) is 4.61. The van der Waals surface area contributed by atoms with Gasteiger partial charge in [0.05, 0.1) is 15.2 Å². The number of hydrogen-bond acceptors (Lipinski definition) is 4. The molecule has 3 nitrogen and oxygen atoms in total. The zero-order valence-corrected chi connectivity index (χ0v) is 12.3. The third-order valence-corrected chi connectivity index (χ3v) is 4.66. The number of thiazole rings is 1. The van der Waals surface area contributed by atoms with E-state index in [1.165, 1.54) is 36.3 Å². The van der Waals surface area contributed by atoms with Crippen molar-refractivity contribution < 1.29 is 0 Å². The van der Waals surface area contributed by atoms with Crippen molar-refractivity contribution in [2.75, 3.05) is 32.7 Å². The average Bonchev–Trinajstić information content (AvgIpc) is 2.62.